The molecule has 1 nitrogen and oxygen atoms in total. The van der Waals surface area contributed by atoms with Crippen LogP contribution >= 0.6 is 0 Å². The van der Waals surface area contributed by atoms with Gasteiger partial charge in [0.1, 0.15) is 0 Å². The highest BCUT2D eigenvalue weighted by atomic mass is 16.2. The van der Waals surface area contributed by atoms with Gasteiger partial charge in [-0.15, -0.1) is 0 Å². The average molecular weight is 290 g/mol. The Bertz CT molecular complexity index is 429. The van der Waals surface area contributed by atoms with Crippen LogP contribution in [0.2, 0.25) is 0 Å². The van der Waals surface area contributed by atoms with Gasteiger partial charge in [0.05, 0.1) is 6.61 Å². The van der Waals surface area contributed by atoms with E-state index in [1.807, 2.05) is 6.08 Å². The summed E-state index contributed by atoms with van der Waals surface area (Å²) in [4.78, 5) is 0. The van der Waals surface area contributed by atoms with E-state index in [4.69, 9.17) is 5.11 Å². The van der Waals surface area contributed by atoms with E-state index in [0.717, 1.165) is 18.3 Å². The number of hydrogen-bond donors (Lipinski definition) is 1. The van der Waals surface area contributed by atoms with Crippen LogP contribution in [0, 0.1) is 22.7 Å². The number of aliphatic hydroxyl groups excluding tert-OH is 1. The van der Waals surface area contributed by atoms with Gasteiger partial charge in [0.25, 0.3) is 0 Å². The van der Waals surface area contributed by atoms with Crippen LogP contribution in [0.1, 0.15) is 73.1 Å². The average Bonchev–Trinajstić information content (AvgIpc) is 2.37. The van der Waals surface area contributed by atoms with E-state index >= 15 is 0 Å². The molecule has 1 unspecified atom stereocenters. The first kappa shape index (κ1) is 16.8. The van der Waals surface area contributed by atoms with Gasteiger partial charge in [-0.05, 0) is 68.6 Å². The number of aliphatic hydroxyl groups is 1. The summed E-state index contributed by atoms with van der Waals surface area (Å²) >= 11 is 0. The van der Waals surface area contributed by atoms with Crippen LogP contribution in [-0.4, -0.2) is 11.7 Å². The zero-order valence-corrected chi connectivity index (χ0v) is 14.7. The normalized spacial score (nSPS) is 36.1. The molecular weight excluding hydrogens is 256 g/mol. The summed E-state index contributed by atoms with van der Waals surface area (Å²) < 4.78 is 0. The first-order chi connectivity index (χ1) is 9.81. The second kappa shape index (κ2) is 6.28. The van der Waals surface area contributed by atoms with Crippen LogP contribution in [-0.2, 0) is 0 Å². The van der Waals surface area contributed by atoms with Crippen molar-refractivity contribution < 1.29 is 5.11 Å². The molecule has 1 fully saturated rings. The lowest BCUT2D eigenvalue weighted by molar-refractivity contribution is -0.0390. The van der Waals surface area contributed by atoms with Crippen LogP contribution in [0.5, 0.6) is 0 Å². The fraction of sp³-hybridized carbons (Fsp3) is 0.800. The monoisotopic (exact) mass is 290 g/mol. The van der Waals surface area contributed by atoms with Crippen LogP contribution in [0.25, 0.3) is 0 Å². The molecule has 0 spiro atoms. The highest BCUT2D eigenvalue weighted by molar-refractivity contribution is 5.18. The van der Waals surface area contributed by atoms with Crippen molar-refractivity contribution in [1.82, 2.24) is 0 Å². The molecule has 3 atom stereocenters. The molecule has 1 saturated carbocycles. The predicted molar refractivity (Wildman–Crippen MR) is 91.2 cm³/mol. The quantitative estimate of drug-likeness (QED) is 0.677. The molecule has 0 amide bonds. The van der Waals surface area contributed by atoms with E-state index in [-0.39, 0.29) is 6.61 Å². The summed E-state index contributed by atoms with van der Waals surface area (Å²) in [5, 5.41) is 9.04. The van der Waals surface area contributed by atoms with Gasteiger partial charge in [-0.2, -0.15) is 0 Å². The van der Waals surface area contributed by atoms with Gasteiger partial charge in [0.15, 0.2) is 0 Å². The zero-order chi connectivity index (χ0) is 15.7. The van der Waals surface area contributed by atoms with Gasteiger partial charge < -0.3 is 5.11 Å². The summed E-state index contributed by atoms with van der Waals surface area (Å²) in [6, 6.07) is 0. The number of fused-ring (bicyclic) bond motifs is 1. The molecule has 0 aromatic rings. The summed E-state index contributed by atoms with van der Waals surface area (Å²) in [6.07, 6.45) is 12.3. The first-order valence-corrected chi connectivity index (χ1v) is 8.74. The number of rotatable bonds is 4. The van der Waals surface area contributed by atoms with Gasteiger partial charge in [-0.1, -0.05) is 50.5 Å². The highest BCUT2D eigenvalue weighted by Crippen LogP contribution is 2.60. The Kier molecular flexibility index (Phi) is 5.03. The third kappa shape index (κ3) is 3.28. The van der Waals surface area contributed by atoms with Crippen molar-refractivity contribution in [2.24, 2.45) is 22.7 Å². The number of hydrogen-bond acceptors (Lipinski definition) is 1. The lowest BCUT2D eigenvalue weighted by Gasteiger charge is -2.57. The lowest BCUT2D eigenvalue weighted by atomic mass is 9.48. The van der Waals surface area contributed by atoms with Crippen molar-refractivity contribution in [3.05, 3.63) is 23.3 Å². The molecule has 2 aliphatic carbocycles. The number of allylic oxidation sites excluding steroid dienone is 3. The van der Waals surface area contributed by atoms with Crippen molar-refractivity contribution in [3.63, 3.8) is 0 Å². The van der Waals surface area contributed by atoms with Gasteiger partial charge in [-0.25, -0.2) is 0 Å². The van der Waals surface area contributed by atoms with Gasteiger partial charge in [-0.3, -0.25) is 0 Å². The van der Waals surface area contributed by atoms with Crippen molar-refractivity contribution in [1.29, 1.82) is 0 Å². The Balaban J connectivity index is 2.20. The maximum Gasteiger partial charge on any atom is 0.0614 e. The molecule has 0 radical (unpaired) electrons. The maximum atomic E-state index is 9.04. The van der Waals surface area contributed by atoms with Crippen molar-refractivity contribution in [3.8, 4) is 0 Å². The van der Waals surface area contributed by atoms with Crippen molar-refractivity contribution in [2.45, 2.75) is 73.1 Å². The second-order valence-electron chi connectivity index (χ2n) is 8.41. The Morgan fingerprint density at radius 3 is 2.71 bits per heavy atom. The smallest absolute Gasteiger partial charge is 0.0614 e. The van der Waals surface area contributed by atoms with E-state index in [1.165, 1.54) is 37.7 Å². The van der Waals surface area contributed by atoms with Crippen LogP contribution in [0.3, 0.4) is 0 Å². The third-order valence-corrected chi connectivity index (χ3v) is 6.56. The Labute approximate surface area is 131 Å². The van der Waals surface area contributed by atoms with Crippen LogP contribution in [0.15, 0.2) is 23.3 Å². The summed E-state index contributed by atoms with van der Waals surface area (Å²) in [6.45, 7) is 12.2. The van der Waals surface area contributed by atoms with Crippen LogP contribution in [0.4, 0.5) is 0 Å². The third-order valence-electron chi connectivity index (χ3n) is 6.56. The van der Waals surface area contributed by atoms with E-state index in [9.17, 15) is 0 Å². The SMILES string of the molecule is CC1=CCC2C(C)(C)CCC[C@@]2(C)[C@@H]1CC/C(C)=C/CO. The maximum absolute atomic E-state index is 9.04. The lowest BCUT2D eigenvalue weighted by Crippen LogP contribution is -2.48. The second-order valence-corrected chi connectivity index (χ2v) is 8.41. The molecule has 0 heterocycles. The molecule has 0 saturated heterocycles. The minimum atomic E-state index is 0.179. The van der Waals surface area contributed by atoms with E-state index < -0.39 is 0 Å². The van der Waals surface area contributed by atoms with Gasteiger partial charge in [0.2, 0.25) is 0 Å². The minimum Gasteiger partial charge on any atom is -0.392 e. The Morgan fingerprint density at radius 2 is 2.05 bits per heavy atom. The fourth-order valence-electron chi connectivity index (χ4n) is 5.32. The zero-order valence-electron chi connectivity index (χ0n) is 14.7. The van der Waals surface area contributed by atoms with Crippen molar-refractivity contribution in [2.75, 3.05) is 6.61 Å². The Hall–Kier alpha value is -0.560. The summed E-state index contributed by atoms with van der Waals surface area (Å²) in [7, 11) is 0. The molecule has 0 aliphatic heterocycles. The minimum absolute atomic E-state index is 0.179. The van der Waals surface area contributed by atoms with Crippen molar-refractivity contribution >= 4 is 0 Å². The van der Waals surface area contributed by atoms with Gasteiger partial charge >= 0.3 is 0 Å². The molecule has 2 rings (SSSR count). The molecule has 0 bridgehead atoms. The molecule has 21 heavy (non-hydrogen) atoms. The summed E-state index contributed by atoms with van der Waals surface area (Å²) in [5.41, 5.74) is 3.91. The molecular formula is C20H34O. The largest absolute Gasteiger partial charge is 0.392 e. The fourth-order valence-corrected chi connectivity index (χ4v) is 5.32. The molecule has 2 aliphatic rings. The topological polar surface area (TPSA) is 20.2 Å². The molecule has 0 aromatic carbocycles. The molecule has 1 heteroatoms. The molecule has 120 valence electrons. The van der Waals surface area contributed by atoms with E-state index in [1.54, 1.807) is 5.57 Å². The Morgan fingerprint density at radius 1 is 1.33 bits per heavy atom. The van der Waals surface area contributed by atoms with Gasteiger partial charge in [0, 0.05) is 0 Å². The predicted octanol–water partition coefficient (Wildman–Crippen LogP) is 5.50. The van der Waals surface area contributed by atoms with Crippen LogP contribution < -0.4 is 0 Å². The molecule has 1 N–H and O–H groups in total. The molecule has 0 aromatic heterocycles. The summed E-state index contributed by atoms with van der Waals surface area (Å²) in [5.74, 6) is 1.55. The highest BCUT2D eigenvalue weighted by Gasteiger charge is 2.51. The van der Waals surface area contributed by atoms with E-state index in [0.29, 0.717) is 10.8 Å². The standard InChI is InChI=1S/C20H34O/c1-15(11-14-21)7-9-17-16(2)8-10-18-19(3,4)12-6-13-20(17,18)5/h8,11,17-18,21H,6-7,9-10,12-14H2,1-5H3/b15-11+/t17-,18?,20+/m1/s1. The first-order valence-electron chi connectivity index (χ1n) is 8.74. The van der Waals surface area contributed by atoms with E-state index in [2.05, 4.69) is 40.7 Å².